The Morgan fingerprint density at radius 3 is 2.85 bits per heavy atom. The van der Waals surface area contributed by atoms with E-state index in [0.717, 1.165) is 19.5 Å². The Morgan fingerprint density at radius 1 is 1.30 bits per heavy atom. The average molecular weight is 301 g/mol. The van der Waals surface area contributed by atoms with Crippen molar-refractivity contribution >= 4 is 10.0 Å². The van der Waals surface area contributed by atoms with Crippen molar-refractivity contribution in [2.24, 2.45) is 11.3 Å². The highest BCUT2D eigenvalue weighted by atomic mass is 32.2. The number of piperidine rings is 1. The van der Waals surface area contributed by atoms with E-state index < -0.39 is 10.0 Å². The smallest absolute Gasteiger partial charge is 0.211 e. The van der Waals surface area contributed by atoms with E-state index in [9.17, 15) is 8.42 Å². The molecule has 2 unspecified atom stereocenters. The molecule has 0 aliphatic carbocycles. The van der Waals surface area contributed by atoms with Gasteiger partial charge in [-0.15, -0.1) is 0 Å². The second-order valence-electron chi connectivity index (χ2n) is 7.04. The van der Waals surface area contributed by atoms with Crippen molar-refractivity contribution in [3.8, 4) is 0 Å². The van der Waals surface area contributed by atoms with Crippen LogP contribution in [0.3, 0.4) is 0 Å². The van der Waals surface area contributed by atoms with Crippen LogP contribution in [0.1, 0.15) is 25.7 Å². The summed E-state index contributed by atoms with van der Waals surface area (Å²) in [6.45, 7) is 7.24. The molecule has 0 aromatic carbocycles. The van der Waals surface area contributed by atoms with E-state index in [2.05, 4.69) is 10.2 Å². The third kappa shape index (κ3) is 3.18. The molecule has 3 fully saturated rings. The molecule has 0 amide bonds. The first-order valence-corrected chi connectivity index (χ1v) is 9.70. The Balaban J connectivity index is 1.53. The number of hydrogen-bond acceptors (Lipinski definition) is 4. The lowest BCUT2D eigenvalue weighted by atomic mass is 9.86. The quantitative estimate of drug-likeness (QED) is 0.817. The molecular formula is C14H27N3O2S. The van der Waals surface area contributed by atoms with E-state index in [1.54, 1.807) is 4.31 Å². The maximum atomic E-state index is 11.7. The Kier molecular flexibility index (Phi) is 4.10. The van der Waals surface area contributed by atoms with Crippen LogP contribution in [0.2, 0.25) is 0 Å². The first kappa shape index (κ1) is 14.8. The summed E-state index contributed by atoms with van der Waals surface area (Å²) in [5.41, 5.74) is 0.519. The summed E-state index contributed by atoms with van der Waals surface area (Å²) in [5, 5.41) is 3.49. The fraction of sp³-hybridized carbons (Fsp3) is 1.00. The minimum atomic E-state index is -3.01. The highest BCUT2D eigenvalue weighted by Crippen LogP contribution is 2.36. The first-order chi connectivity index (χ1) is 9.47. The van der Waals surface area contributed by atoms with Crippen molar-refractivity contribution in [2.45, 2.75) is 25.7 Å². The van der Waals surface area contributed by atoms with Crippen molar-refractivity contribution < 1.29 is 8.42 Å². The lowest BCUT2D eigenvalue weighted by Crippen LogP contribution is -2.43. The number of rotatable bonds is 3. The topological polar surface area (TPSA) is 52.7 Å². The second-order valence-corrected chi connectivity index (χ2v) is 9.02. The highest BCUT2D eigenvalue weighted by Gasteiger charge is 2.41. The summed E-state index contributed by atoms with van der Waals surface area (Å²) in [6.07, 6.45) is 6.14. The Labute approximate surface area is 122 Å². The molecule has 0 bridgehead atoms. The maximum Gasteiger partial charge on any atom is 0.211 e. The number of nitrogens with one attached hydrogen (secondary N) is 1. The van der Waals surface area contributed by atoms with Crippen LogP contribution in [0.15, 0.2) is 0 Å². The van der Waals surface area contributed by atoms with Gasteiger partial charge < -0.3 is 10.2 Å². The lowest BCUT2D eigenvalue weighted by Gasteiger charge is -2.33. The zero-order chi connectivity index (χ0) is 14.2. The summed E-state index contributed by atoms with van der Waals surface area (Å²) in [7, 11) is -3.01. The van der Waals surface area contributed by atoms with Crippen LogP contribution < -0.4 is 5.32 Å². The van der Waals surface area contributed by atoms with Gasteiger partial charge in [-0.2, -0.15) is 0 Å². The van der Waals surface area contributed by atoms with E-state index in [1.165, 1.54) is 51.7 Å². The third-order valence-corrected chi connectivity index (χ3v) is 6.59. The molecule has 3 aliphatic heterocycles. The molecule has 0 saturated carbocycles. The van der Waals surface area contributed by atoms with E-state index in [0.29, 0.717) is 17.9 Å². The van der Waals surface area contributed by atoms with Gasteiger partial charge >= 0.3 is 0 Å². The molecule has 5 nitrogen and oxygen atoms in total. The van der Waals surface area contributed by atoms with Crippen LogP contribution in [0, 0.1) is 11.3 Å². The minimum Gasteiger partial charge on any atom is -0.316 e. The van der Waals surface area contributed by atoms with Crippen LogP contribution in [0.4, 0.5) is 0 Å². The number of hydrogen-bond donors (Lipinski definition) is 1. The molecule has 3 aliphatic rings. The fourth-order valence-corrected chi connectivity index (χ4v) is 5.11. The van der Waals surface area contributed by atoms with Crippen molar-refractivity contribution in [3.05, 3.63) is 0 Å². The third-order valence-electron chi connectivity index (χ3n) is 5.32. The zero-order valence-electron chi connectivity index (χ0n) is 12.5. The van der Waals surface area contributed by atoms with E-state index in [4.69, 9.17) is 0 Å². The molecule has 3 rings (SSSR count). The molecule has 20 heavy (non-hydrogen) atoms. The van der Waals surface area contributed by atoms with Gasteiger partial charge in [0.2, 0.25) is 10.0 Å². The molecular weight excluding hydrogens is 274 g/mol. The molecule has 2 atom stereocenters. The van der Waals surface area contributed by atoms with Crippen molar-refractivity contribution in [2.75, 3.05) is 52.1 Å². The molecule has 3 saturated heterocycles. The first-order valence-electron chi connectivity index (χ1n) is 7.85. The van der Waals surface area contributed by atoms with Gasteiger partial charge in [0, 0.05) is 32.7 Å². The van der Waals surface area contributed by atoms with Gasteiger partial charge in [-0.25, -0.2) is 12.7 Å². The van der Waals surface area contributed by atoms with E-state index in [-0.39, 0.29) is 0 Å². The molecule has 3 heterocycles. The van der Waals surface area contributed by atoms with E-state index >= 15 is 0 Å². The van der Waals surface area contributed by atoms with Crippen LogP contribution in [0.25, 0.3) is 0 Å². The monoisotopic (exact) mass is 301 g/mol. The minimum absolute atomic E-state index is 0.517. The fourth-order valence-electron chi connectivity index (χ4n) is 4.17. The molecule has 0 radical (unpaired) electrons. The van der Waals surface area contributed by atoms with Crippen LogP contribution in [0.5, 0.6) is 0 Å². The van der Waals surface area contributed by atoms with Gasteiger partial charge in [-0.3, -0.25) is 0 Å². The lowest BCUT2D eigenvalue weighted by molar-refractivity contribution is 0.187. The predicted molar refractivity (Wildman–Crippen MR) is 80.1 cm³/mol. The van der Waals surface area contributed by atoms with Crippen LogP contribution in [-0.2, 0) is 10.0 Å². The SMILES string of the molecule is CS(=O)(=O)N1CCCC(CN2CCC3(CCNC3)C2)C1. The van der Waals surface area contributed by atoms with Crippen LogP contribution >= 0.6 is 0 Å². The number of nitrogens with zero attached hydrogens (tertiary/aromatic N) is 2. The highest BCUT2D eigenvalue weighted by molar-refractivity contribution is 7.88. The van der Waals surface area contributed by atoms with Crippen LogP contribution in [-0.4, -0.2) is 69.7 Å². The Bertz CT molecular complexity index is 445. The van der Waals surface area contributed by atoms with Gasteiger partial charge in [0.05, 0.1) is 6.26 Å². The maximum absolute atomic E-state index is 11.7. The van der Waals surface area contributed by atoms with Crippen molar-refractivity contribution in [3.63, 3.8) is 0 Å². The normalized spacial score (nSPS) is 37.0. The summed E-state index contributed by atoms with van der Waals surface area (Å²) in [5.74, 6) is 0.517. The van der Waals surface area contributed by atoms with Gasteiger partial charge in [0.15, 0.2) is 0 Å². The van der Waals surface area contributed by atoms with Gasteiger partial charge in [0.1, 0.15) is 0 Å². The zero-order valence-corrected chi connectivity index (χ0v) is 13.3. The Hall–Kier alpha value is -0.170. The molecule has 6 heteroatoms. The van der Waals surface area contributed by atoms with E-state index in [1.807, 2.05) is 0 Å². The Morgan fingerprint density at radius 2 is 2.15 bits per heavy atom. The average Bonchev–Trinajstić information content (AvgIpc) is 3.00. The number of likely N-dealkylation sites (tertiary alicyclic amines) is 1. The van der Waals surface area contributed by atoms with Gasteiger partial charge in [0.25, 0.3) is 0 Å². The molecule has 116 valence electrons. The molecule has 1 N–H and O–H groups in total. The largest absolute Gasteiger partial charge is 0.316 e. The second kappa shape index (κ2) is 5.55. The summed E-state index contributed by atoms with van der Waals surface area (Å²) < 4.78 is 25.0. The van der Waals surface area contributed by atoms with Gasteiger partial charge in [-0.1, -0.05) is 0 Å². The van der Waals surface area contributed by atoms with Crippen molar-refractivity contribution in [1.29, 1.82) is 0 Å². The standard InChI is InChI=1S/C14H27N3O2S/c1-20(18,19)17-7-2-3-13(10-17)9-16-8-5-14(12-16)4-6-15-11-14/h13,15H,2-12H2,1H3. The molecule has 0 aromatic rings. The predicted octanol–water partition coefficient (Wildman–Crippen LogP) is 0.343. The summed E-state index contributed by atoms with van der Waals surface area (Å²) >= 11 is 0. The molecule has 1 spiro atoms. The summed E-state index contributed by atoms with van der Waals surface area (Å²) in [6, 6.07) is 0. The number of sulfonamides is 1. The summed E-state index contributed by atoms with van der Waals surface area (Å²) in [4.78, 5) is 2.57. The van der Waals surface area contributed by atoms with Crippen molar-refractivity contribution in [1.82, 2.24) is 14.5 Å². The molecule has 0 aromatic heterocycles. The van der Waals surface area contributed by atoms with Gasteiger partial charge in [-0.05, 0) is 50.1 Å².